The van der Waals surface area contributed by atoms with Crippen molar-refractivity contribution in [2.45, 2.75) is 20.0 Å². The van der Waals surface area contributed by atoms with E-state index in [2.05, 4.69) is 20.5 Å². The van der Waals surface area contributed by atoms with Gasteiger partial charge in [-0.1, -0.05) is 23.8 Å². The van der Waals surface area contributed by atoms with E-state index in [0.29, 0.717) is 30.2 Å². The van der Waals surface area contributed by atoms with Gasteiger partial charge < -0.3 is 10.2 Å². The Balaban J connectivity index is 1.49. The number of pyridine rings is 1. The van der Waals surface area contributed by atoms with Crippen molar-refractivity contribution in [2.24, 2.45) is 0 Å². The second kappa shape index (κ2) is 6.44. The molecule has 2 N–H and O–H groups in total. The van der Waals surface area contributed by atoms with Crippen LogP contribution in [0.1, 0.15) is 37.7 Å². The molecule has 3 heterocycles. The maximum Gasteiger partial charge on any atom is 0.273 e. The largest absolute Gasteiger partial charge is 0.327 e. The summed E-state index contributed by atoms with van der Waals surface area (Å²) in [6, 6.07) is 12.6. The number of carbonyl (C=O) groups excluding carboxylic acids is 2. The molecule has 3 aromatic rings. The predicted molar refractivity (Wildman–Crippen MR) is 95.5 cm³/mol. The van der Waals surface area contributed by atoms with Gasteiger partial charge in [0, 0.05) is 17.3 Å². The van der Waals surface area contributed by atoms with Gasteiger partial charge in [-0.25, -0.2) is 0 Å². The SMILES string of the molecule is Cc1ccc(C(=O)Nc2n[nH]c3c2CN(C(=O)c2ccccn2)C3)cc1. The monoisotopic (exact) mass is 347 g/mol. The van der Waals surface area contributed by atoms with Crippen molar-refractivity contribution in [3.8, 4) is 0 Å². The van der Waals surface area contributed by atoms with Gasteiger partial charge in [-0.2, -0.15) is 5.10 Å². The van der Waals surface area contributed by atoms with E-state index in [1.807, 2.05) is 19.1 Å². The standard InChI is InChI=1S/C19H17N5O2/c1-12-5-7-13(8-6-12)18(25)21-17-14-10-24(11-16(14)22-23-17)19(26)15-4-2-3-9-20-15/h2-9H,10-11H2,1H3,(H2,21,22,23,25). The molecule has 4 rings (SSSR count). The first-order chi connectivity index (χ1) is 12.6. The highest BCUT2D eigenvalue weighted by atomic mass is 16.2. The highest BCUT2D eigenvalue weighted by Gasteiger charge is 2.29. The van der Waals surface area contributed by atoms with Crippen LogP contribution >= 0.6 is 0 Å². The zero-order chi connectivity index (χ0) is 18.1. The van der Waals surface area contributed by atoms with Gasteiger partial charge in [-0.3, -0.25) is 19.7 Å². The Morgan fingerprint density at radius 1 is 1.12 bits per heavy atom. The van der Waals surface area contributed by atoms with Crippen LogP contribution in [0, 0.1) is 6.92 Å². The Morgan fingerprint density at radius 3 is 2.65 bits per heavy atom. The maximum atomic E-state index is 12.5. The summed E-state index contributed by atoms with van der Waals surface area (Å²) in [7, 11) is 0. The van der Waals surface area contributed by atoms with Crippen LogP contribution in [0.3, 0.4) is 0 Å². The summed E-state index contributed by atoms with van der Waals surface area (Å²) in [5.41, 5.74) is 3.71. The van der Waals surface area contributed by atoms with Gasteiger partial charge in [0.15, 0.2) is 5.82 Å². The highest BCUT2D eigenvalue weighted by molar-refractivity contribution is 6.04. The molecule has 2 aromatic heterocycles. The molecule has 0 aliphatic carbocycles. The summed E-state index contributed by atoms with van der Waals surface area (Å²) in [5.74, 6) is 0.0849. The topological polar surface area (TPSA) is 91.0 Å². The van der Waals surface area contributed by atoms with Crippen LogP contribution in [0.2, 0.25) is 0 Å². The van der Waals surface area contributed by atoms with E-state index in [4.69, 9.17) is 0 Å². The molecule has 130 valence electrons. The van der Waals surface area contributed by atoms with Crippen molar-refractivity contribution >= 4 is 17.6 Å². The fraction of sp³-hybridized carbons (Fsp3) is 0.158. The number of nitrogens with zero attached hydrogens (tertiary/aromatic N) is 3. The van der Waals surface area contributed by atoms with Crippen molar-refractivity contribution in [1.82, 2.24) is 20.1 Å². The molecule has 0 saturated heterocycles. The lowest BCUT2D eigenvalue weighted by Gasteiger charge is -2.15. The van der Waals surface area contributed by atoms with E-state index >= 15 is 0 Å². The number of H-pyrrole nitrogens is 1. The van der Waals surface area contributed by atoms with Gasteiger partial charge >= 0.3 is 0 Å². The number of nitrogens with one attached hydrogen (secondary N) is 2. The first-order valence-corrected chi connectivity index (χ1v) is 8.26. The zero-order valence-corrected chi connectivity index (χ0v) is 14.2. The van der Waals surface area contributed by atoms with Crippen molar-refractivity contribution in [3.05, 3.63) is 76.7 Å². The minimum Gasteiger partial charge on any atom is -0.327 e. The van der Waals surface area contributed by atoms with Crippen LogP contribution in [0.4, 0.5) is 5.82 Å². The third-order valence-corrected chi connectivity index (χ3v) is 4.37. The van der Waals surface area contributed by atoms with Gasteiger partial charge in [0.25, 0.3) is 11.8 Å². The molecule has 7 heteroatoms. The maximum absolute atomic E-state index is 12.5. The van der Waals surface area contributed by atoms with E-state index in [1.54, 1.807) is 41.4 Å². The fourth-order valence-electron chi connectivity index (χ4n) is 2.92. The number of carbonyl (C=O) groups is 2. The first-order valence-electron chi connectivity index (χ1n) is 8.26. The van der Waals surface area contributed by atoms with Crippen molar-refractivity contribution in [2.75, 3.05) is 5.32 Å². The van der Waals surface area contributed by atoms with Crippen LogP contribution in [-0.2, 0) is 13.1 Å². The van der Waals surface area contributed by atoms with E-state index in [0.717, 1.165) is 16.8 Å². The molecular formula is C19H17N5O2. The molecule has 0 atom stereocenters. The second-order valence-electron chi connectivity index (χ2n) is 6.23. The lowest BCUT2D eigenvalue weighted by atomic mass is 10.1. The number of anilines is 1. The van der Waals surface area contributed by atoms with Crippen LogP contribution in [0.5, 0.6) is 0 Å². The molecule has 7 nitrogen and oxygen atoms in total. The number of fused-ring (bicyclic) bond motifs is 1. The van der Waals surface area contributed by atoms with Crippen molar-refractivity contribution in [3.63, 3.8) is 0 Å². The molecule has 0 spiro atoms. The van der Waals surface area contributed by atoms with Crippen LogP contribution < -0.4 is 5.32 Å². The summed E-state index contributed by atoms with van der Waals surface area (Å²) < 4.78 is 0. The third kappa shape index (κ3) is 2.95. The number of rotatable bonds is 3. The van der Waals surface area contributed by atoms with Gasteiger partial charge in [0.1, 0.15) is 5.69 Å². The summed E-state index contributed by atoms with van der Waals surface area (Å²) in [6.45, 7) is 2.76. The quantitative estimate of drug-likeness (QED) is 0.762. The lowest BCUT2D eigenvalue weighted by Crippen LogP contribution is -2.26. The van der Waals surface area contributed by atoms with E-state index in [1.165, 1.54) is 0 Å². The molecule has 1 aliphatic rings. The molecule has 0 unspecified atom stereocenters. The lowest BCUT2D eigenvalue weighted by molar-refractivity contribution is 0.0744. The van der Waals surface area contributed by atoms with E-state index < -0.39 is 0 Å². The molecular weight excluding hydrogens is 330 g/mol. The Bertz CT molecular complexity index is 963. The number of benzene rings is 1. The van der Waals surface area contributed by atoms with Gasteiger partial charge in [0.05, 0.1) is 18.8 Å². The first kappa shape index (κ1) is 16.0. The zero-order valence-electron chi connectivity index (χ0n) is 14.2. The Labute approximate surface area is 150 Å². The average molecular weight is 347 g/mol. The van der Waals surface area contributed by atoms with Crippen LogP contribution in [0.15, 0.2) is 48.7 Å². The summed E-state index contributed by atoms with van der Waals surface area (Å²) >= 11 is 0. The summed E-state index contributed by atoms with van der Waals surface area (Å²) in [6.07, 6.45) is 1.59. The van der Waals surface area contributed by atoms with Crippen molar-refractivity contribution < 1.29 is 9.59 Å². The van der Waals surface area contributed by atoms with Crippen LogP contribution in [0.25, 0.3) is 0 Å². The van der Waals surface area contributed by atoms with Gasteiger partial charge in [0.2, 0.25) is 0 Å². The number of aromatic nitrogens is 3. The smallest absolute Gasteiger partial charge is 0.273 e. The second-order valence-corrected chi connectivity index (χ2v) is 6.23. The molecule has 0 bridgehead atoms. The summed E-state index contributed by atoms with van der Waals surface area (Å²) in [4.78, 5) is 30.7. The summed E-state index contributed by atoms with van der Waals surface area (Å²) in [5, 5.41) is 9.91. The predicted octanol–water partition coefficient (Wildman–Crippen LogP) is 2.52. The molecule has 26 heavy (non-hydrogen) atoms. The molecule has 2 amide bonds. The van der Waals surface area contributed by atoms with Crippen molar-refractivity contribution in [1.29, 1.82) is 0 Å². The Kier molecular flexibility index (Phi) is 3.96. The van der Waals surface area contributed by atoms with E-state index in [-0.39, 0.29) is 11.8 Å². The minimum atomic E-state index is -0.228. The molecule has 0 fully saturated rings. The Morgan fingerprint density at radius 2 is 1.92 bits per heavy atom. The van der Waals surface area contributed by atoms with Gasteiger partial charge in [-0.05, 0) is 31.2 Å². The minimum absolute atomic E-state index is 0.147. The number of aromatic amines is 1. The van der Waals surface area contributed by atoms with E-state index in [9.17, 15) is 9.59 Å². The Hall–Kier alpha value is -3.48. The molecule has 1 aliphatic heterocycles. The third-order valence-electron chi connectivity index (χ3n) is 4.37. The number of aryl methyl sites for hydroxylation is 1. The molecule has 0 radical (unpaired) electrons. The normalized spacial score (nSPS) is 12.7. The number of hydrogen-bond donors (Lipinski definition) is 2. The number of hydrogen-bond acceptors (Lipinski definition) is 4. The number of amides is 2. The average Bonchev–Trinajstić information content (AvgIpc) is 3.24. The van der Waals surface area contributed by atoms with Crippen LogP contribution in [-0.4, -0.2) is 31.9 Å². The van der Waals surface area contributed by atoms with Gasteiger partial charge in [-0.15, -0.1) is 0 Å². The molecule has 0 saturated carbocycles. The fourth-order valence-corrected chi connectivity index (χ4v) is 2.92. The highest BCUT2D eigenvalue weighted by Crippen LogP contribution is 2.28. The molecule has 1 aromatic carbocycles.